The summed E-state index contributed by atoms with van der Waals surface area (Å²) in [5.74, 6) is 2.29. The normalized spacial score (nSPS) is 16.9. The first-order chi connectivity index (χ1) is 13.3. The van der Waals surface area contributed by atoms with Gasteiger partial charge in [-0.15, -0.1) is 24.0 Å². The molecule has 1 fully saturated rings. The Balaban J connectivity index is 0.00000280. The highest BCUT2D eigenvalue weighted by molar-refractivity contribution is 14.0. The van der Waals surface area contributed by atoms with Crippen molar-refractivity contribution in [2.45, 2.75) is 33.2 Å². The number of ether oxygens (including phenoxy) is 2. The summed E-state index contributed by atoms with van der Waals surface area (Å²) >= 11 is 0. The maximum atomic E-state index is 5.94. The minimum absolute atomic E-state index is 0. The van der Waals surface area contributed by atoms with Crippen LogP contribution in [-0.4, -0.2) is 45.5 Å². The first-order valence-corrected chi connectivity index (χ1v) is 9.92. The van der Waals surface area contributed by atoms with Gasteiger partial charge >= 0.3 is 0 Å². The number of aliphatic imine (C=N–C) groups is 1. The fourth-order valence-corrected chi connectivity index (χ4v) is 3.21. The fourth-order valence-electron chi connectivity index (χ4n) is 3.21. The van der Waals surface area contributed by atoms with Gasteiger partial charge in [-0.3, -0.25) is 0 Å². The third-order valence-electron chi connectivity index (χ3n) is 4.80. The van der Waals surface area contributed by atoms with Crippen LogP contribution in [-0.2, 0) is 16.0 Å². The molecule has 7 heteroatoms. The second-order valence-electron chi connectivity index (χ2n) is 6.93. The number of hydrogen-bond donors (Lipinski definition) is 2. The Morgan fingerprint density at radius 3 is 2.89 bits per heavy atom. The van der Waals surface area contributed by atoms with Gasteiger partial charge in [-0.1, -0.05) is 18.2 Å². The van der Waals surface area contributed by atoms with Crippen LogP contribution in [0.5, 0.6) is 0 Å². The number of halogens is 1. The molecule has 28 heavy (non-hydrogen) atoms. The molecule has 1 atom stereocenters. The Morgan fingerprint density at radius 2 is 2.14 bits per heavy atom. The minimum atomic E-state index is 0. The number of nitrogens with zero attached hydrogens (tertiary/aromatic N) is 1. The van der Waals surface area contributed by atoms with Crippen molar-refractivity contribution in [1.29, 1.82) is 0 Å². The number of nitrogens with one attached hydrogen (secondary N) is 2. The molecule has 0 bridgehead atoms. The number of para-hydroxylation sites is 1. The molecule has 2 N–H and O–H groups in total. The average molecular weight is 501 g/mol. The van der Waals surface area contributed by atoms with Gasteiger partial charge in [-0.25, -0.2) is 4.99 Å². The first-order valence-electron chi connectivity index (χ1n) is 9.92. The van der Waals surface area contributed by atoms with Gasteiger partial charge in [-0.05, 0) is 32.8 Å². The van der Waals surface area contributed by atoms with Crippen molar-refractivity contribution in [3.63, 3.8) is 0 Å². The number of aryl methyl sites for hydroxylation is 1. The molecular formula is C21H32IN3O3. The number of rotatable bonds is 9. The van der Waals surface area contributed by atoms with Crippen LogP contribution in [0.2, 0.25) is 0 Å². The van der Waals surface area contributed by atoms with Crippen molar-refractivity contribution >= 4 is 40.9 Å². The van der Waals surface area contributed by atoms with Gasteiger partial charge < -0.3 is 24.5 Å². The lowest BCUT2D eigenvalue weighted by atomic mass is 10.1. The summed E-state index contributed by atoms with van der Waals surface area (Å²) in [7, 11) is 0. The molecule has 0 radical (unpaired) electrons. The van der Waals surface area contributed by atoms with E-state index >= 15 is 0 Å². The maximum Gasteiger partial charge on any atom is 0.191 e. The largest absolute Gasteiger partial charge is 0.459 e. The molecule has 1 aliphatic heterocycles. The van der Waals surface area contributed by atoms with E-state index in [1.165, 1.54) is 0 Å². The van der Waals surface area contributed by atoms with E-state index in [1.54, 1.807) is 0 Å². The molecule has 6 nitrogen and oxygen atoms in total. The van der Waals surface area contributed by atoms with Crippen LogP contribution in [0.1, 0.15) is 31.1 Å². The molecule has 2 aromatic rings. The highest BCUT2D eigenvalue weighted by Crippen LogP contribution is 2.25. The maximum absolute atomic E-state index is 5.94. The molecule has 1 aliphatic rings. The lowest BCUT2D eigenvalue weighted by Crippen LogP contribution is -2.38. The molecule has 3 rings (SSSR count). The third kappa shape index (κ3) is 6.63. The zero-order chi connectivity index (χ0) is 18.9. The number of fused-ring (bicyclic) bond motifs is 1. The molecule has 0 amide bonds. The molecule has 0 spiro atoms. The van der Waals surface area contributed by atoms with E-state index in [0.717, 1.165) is 80.6 Å². The van der Waals surface area contributed by atoms with Gasteiger partial charge in [0.2, 0.25) is 0 Å². The van der Waals surface area contributed by atoms with Gasteiger partial charge in [-0.2, -0.15) is 0 Å². The topological polar surface area (TPSA) is 68.0 Å². The van der Waals surface area contributed by atoms with Crippen molar-refractivity contribution in [2.24, 2.45) is 10.9 Å². The SMILES string of the molecule is CCNC(=NCc1oc2ccccc2c1C)NCCCOCC1CCOC1.I. The minimum Gasteiger partial charge on any atom is -0.459 e. The zero-order valence-corrected chi connectivity index (χ0v) is 19.2. The Bertz CT molecular complexity index is 742. The summed E-state index contributed by atoms with van der Waals surface area (Å²) in [6.45, 7) is 9.61. The Hall–Kier alpha value is -1.32. The fraction of sp³-hybridized carbons (Fsp3) is 0.571. The number of hydrogen-bond acceptors (Lipinski definition) is 4. The molecule has 0 saturated carbocycles. The quantitative estimate of drug-likeness (QED) is 0.237. The van der Waals surface area contributed by atoms with Crippen molar-refractivity contribution in [3.05, 3.63) is 35.6 Å². The number of benzene rings is 1. The van der Waals surface area contributed by atoms with Crippen LogP contribution in [0.15, 0.2) is 33.7 Å². The van der Waals surface area contributed by atoms with Crippen molar-refractivity contribution in [3.8, 4) is 0 Å². The Labute approximate surface area is 184 Å². The van der Waals surface area contributed by atoms with Crippen LogP contribution in [0.25, 0.3) is 11.0 Å². The van der Waals surface area contributed by atoms with Crippen LogP contribution in [0.3, 0.4) is 0 Å². The van der Waals surface area contributed by atoms with E-state index in [1.807, 2.05) is 18.2 Å². The highest BCUT2D eigenvalue weighted by atomic mass is 127. The standard InChI is InChI=1S/C21H31N3O3.HI/c1-3-22-21(23-10-6-11-25-14-17-9-12-26-15-17)24-13-20-16(2)18-7-4-5-8-19(18)27-20;/h4-5,7-8,17H,3,6,9-15H2,1-2H3,(H2,22,23,24);1H. The van der Waals surface area contributed by atoms with Gasteiger partial charge in [0.1, 0.15) is 17.9 Å². The Kier molecular flexibility index (Phi) is 10.1. The van der Waals surface area contributed by atoms with Gasteiger partial charge in [0, 0.05) is 43.2 Å². The van der Waals surface area contributed by atoms with E-state index in [-0.39, 0.29) is 24.0 Å². The summed E-state index contributed by atoms with van der Waals surface area (Å²) in [4.78, 5) is 4.66. The molecular weight excluding hydrogens is 469 g/mol. The van der Waals surface area contributed by atoms with Gasteiger partial charge in [0.25, 0.3) is 0 Å². The van der Waals surface area contributed by atoms with E-state index in [2.05, 4.69) is 35.5 Å². The Morgan fingerprint density at radius 1 is 1.29 bits per heavy atom. The molecule has 1 unspecified atom stereocenters. The predicted octanol–water partition coefficient (Wildman–Crippen LogP) is 3.86. The molecule has 1 aromatic heterocycles. The molecule has 156 valence electrons. The van der Waals surface area contributed by atoms with Crippen LogP contribution >= 0.6 is 24.0 Å². The first kappa shape index (κ1) is 23.0. The predicted molar refractivity (Wildman–Crippen MR) is 124 cm³/mol. The van der Waals surface area contributed by atoms with E-state index in [9.17, 15) is 0 Å². The lowest BCUT2D eigenvalue weighted by molar-refractivity contribution is 0.0888. The summed E-state index contributed by atoms with van der Waals surface area (Å²) < 4.78 is 17.0. The monoisotopic (exact) mass is 501 g/mol. The van der Waals surface area contributed by atoms with Crippen molar-refractivity contribution in [1.82, 2.24) is 10.6 Å². The van der Waals surface area contributed by atoms with Crippen LogP contribution < -0.4 is 10.6 Å². The zero-order valence-electron chi connectivity index (χ0n) is 16.8. The molecule has 2 heterocycles. The summed E-state index contributed by atoms with van der Waals surface area (Å²) in [6.07, 6.45) is 2.07. The molecule has 1 saturated heterocycles. The smallest absolute Gasteiger partial charge is 0.191 e. The lowest BCUT2D eigenvalue weighted by Gasteiger charge is -2.12. The van der Waals surface area contributed by atoms with E-state index < -0.39 is 0 Å². The van der Waals surface area contributed by atoms with Crippen LogP contribution in [0.4, 0.5) is 0 Å². The average Bonchev–Trinajstić information content (AvgIpc) is 3.31. The second-order valence-corrected chi connectivity index (χ2v) is 6.93. The van der Waals surface area contributed by atoms with Crippen LogP contribution in [0, 0.1) is 12.8 Å². The highest BCUT2D eigenvalue weighted by Gasteiger charge is 2.15. The van der Waals surface area contributed by atoms with Crippen molar-refractivity contribution in [2.75, 3.05) is 39.5 Å². The summed E-state index contributed by atoms with van der Waals surface area (Å²) in [5, 5.41) is 7.80. The summed E-state index contributed by atoms with van der Waals surface area (Å²) in [5.41, 5.74) is 2.08. The number of guanidine groups is 1. The summed E-state index contributed by atoms with van der Waals surface area (Å²) in [6, 6.07) is 8.11. The molecule has 1 aromatic carbocycles. The van der Waals surface area contributed by atoms with Gasteiger partial charge in [0.15, 0.2) is 5.96 Å². The van der Waals surface area contributed by atoms with Gasteiger partial charge in [0.05, 0.1) is 13.2 Å². The van der Waals surface area contributed by atoms with E-state index in [4.69, 9.17) is 13.9 Å². The molecule has 0 aliphatic carbocycles. The van der Waals surface area contributed by atoms with Crippen molar-refractivity contribution < 1.29 is 13.9 Å². The number of furan rings is 1. The third-order valence-corrected chi connectivity index (χ3v) is 4.80. The van der Waals surface area contributed by atoms with E-state index in [0.29, 0.717) is 12.5 Å². The second kappa shape index (κ2) is 12.3.